The number of benzene rings is 1. The van der Waals surface area contributed by atoms with Gasteiger partial charge in [0.1, 0.15) is 5.75 Å². The summed E-state index contributed by atoms with van der Waals surface area (Å²) >= 11 is 7.94. The number of hydrogen-bond donors (Lipinski definition) is 1. The van der Waals surface area contributed by atoms with Crippen LogP contribution < -0.4 is 10.1 Å². The second kappa shape index (κ2) is 6.76. The predicted octanol–water partition coefficient (Wildman–Crippen LogP) is 3.33. The third-order valence-corrected chi connectivity index (χ3v) is 4.50. The number of amides is 2. The molecule has 21 heavy (non-hydrogen) atoms. The monoisotopic (exact) mass is 432 g/mol. The van der Waals surface area contributed by atoms with Crippen molar-refractivity contribution in [2.75, 3.05) is 7.11 Å². The summed E-state index contributed by atoms with van der Waals surface area (Å²) in [6.07, 6.45) is 1.71. The summed E-state index contributed by atoms with van der Waals surface area (Å²) in [5.74, 6) is 0.0507. The van der Waals surface area contributed by atoms with Crippen molar-refractivity contribution in [3.63, 3.8) is 0 Å². The Balaban J connectivity index is 2.26. The van der Waals surface area contributed by atoms with Gasteiger partial charge in [-0.2, -0.15) is 4.99 Å². The first kappa shape index (κ1) is 16.3. The molecule has 5 nitrogen and oxygen atoms in total. The van der Waals surface area contributed by atoms with Crippen molar-refractivity contribution in [3.8, 4) is 5.75 Å². The number of carbonyl (C=O) groups is 2. The van der Waals surface area contributed by atoms with Crippen molar-refractivity contribution in [2.24, 2.45) is 4.99 Å². The van der Waals surface area contributed by atoms with Gasteiger partial charge in [-0.05, 0) is 67.4 Å². The van der Waals surface area contributed by atoms with Gasteiger partial charge in [-0.15, -0.1) is 0 Å². The molecular formula is C13H10Br2N2O3S. The Morgan fingerprint density at radius 3 is 2.52 bits per heavy atom. The van der Waals surface area contributed by atoms with E-state index < -0.39 is 0 Å². The summed E-state index contributed by atoms with van der Waals surface area (Å²) in [6, 6.07) is 3.67. The van der Waals surface area contributed by atoms with Gasteiger partial charge in [-0.1, -0.05) is 0 Å². The number of halogens is 2. The minimum absolute atomic E-state index is 0.259. The van der Waals surface area contributed by atoms with Crippen LogP contribution in [-0.4, -0.2) is 24.1 Å². The summed E-state index contributed by atoms with van der Waals surface area (Å²) < 4.78 is 6.76. The van der Waals surface area contributed by atoms with Crippen molar-refractivity contribution in [1.29, 1.82) is 0 Å². The molecule has 1 aromatic rings. The van der Waals surface area contributed by atoms with E-state index in [0.717, 1.165) is 26.3 Å². The van der Waals surface area contributed by atoms with Crippen molar-refractivity contribution in [2.45, 2.75) is 6.92 Å². The lowest BCUT2D eigenvalue weighted by atomic mass is 10.2. The summed E-state index contributed by atoms with van der Waals surface area (Å²) in [5.41, 5.74) is 0.810. The third kappa shape index (κ3) is 3.96. The molecule has 110 valence electrons. The summed E-state index contributed by atoms with van der Waals surface area (Å²) in [7, 11) is 1.58. The Morgan fingerprint density at radius 1 is 1.38 bits per heavy atom. The molecule has 1 aliphatic rings. The number of ether oxygens (including phenoxy) is 1. The lowest BCUT2D eigenvalue weighted by molar-refractivity contribution is -0.117. The molecule has 0 fully saturated rings. The number of nitrogens with one attached hydrogen (secondary N) is 1. The fraction of sp³-hybridized carbons (Fsp3) is 0.154. The maximum absolute atomic E-state index is 11.8. The first-order valence-corrected chi connectivity index (χ1v) is 8.14. The lowest BCUT2D eigenvalue weighted by Gasteiger charge is -2.07. The highest BCUT2D eigenvalue weighted by Gasteiger charge is 2.22. The molecule has 1 N–H and O–H groups in total. The number of nitrogens with zero attached hydrogens (tertiary/aromatic N) is 1. The molecule has 0 aromatic heterocycles. The minimum atomic E-state index is -0.369. The first-order valence-electron chi connectivity index (χ1n) is 5.74. The highest BCUT2D eigenvalue weighted by atomic mass is 79.9. The Morgan fingerprint density at radius 2 is 2.00 bits per heavy atom. The normalized spacial score (nSPS) is 16.1. The smallest absolute Gasteiger partial charge is 0.286 e. The zero-order chi connectivity index (χ0) is 15.6. The molecule has 0 saturated carbocycles. The number of methoxy groups -OCH3 is 1. The van der Waals surface area contributed by atoms with Gasteiger partial charge in [0.25, 0.3) is 5.91 Å². The molecule has 0 unspecified atom stereocenters. The number of amidine groups is 1. The standard InChI is InChI=1S/C13H10Br2N2O3S/c1-6(18)16-13-17-12(19)10(21-13)5-7-3-8(14)11(20-2)9(15)4-7/h3-5H,1-2H3,(H,16,17,18,19)/b10-5-. The first-order chi connectivity index (χ1) is 9.90. The molecule has 0 spiro atoms. The molecule has 1 aliphatic heterocycles. The van der Waals surface area contributed by atoms with Gasteiger partial charge in [0.05, 0.1) is 21.0 Å². The molecule has 2 amide bonds. The van der Waals surface area contributed by atoms with Gasteiger partial charge in [0, 0.05) is 6.92 Å². The molecule has 1 aromatic carbocycles. The van der Waals surface area contributed by atoms with Crippen molar-refractivity contribution >= 4 is 66.7 Å². The molecule has 8 heteroatoms. The SMILES string of the molecule is COc1c(Br)cc(/C=C2\SC(NC(C)=O)=NC2=O)cc1Br. The van der Waals surface area contributed by atoms with E-state index >= 15 is 0 Å². The number of rotatable bonds is 2. The molecule has 2 rings (SSSR count). The highest BCUT2D eigenvalue weighted by Crippen LogP contribution is 2.36. The van der Waals surface area contributed by atoms with Gasteiger partial charge in [-0.25, -0.2) is 0 Å². The zero-order valence-electron chi connectivity index (χ0n) is 11.1. The lowest BCUT2D eigenvalue weighted by Crippen LogP contribution is -2.23. The third-order valence-electron chi connectivity index (χ3n) is 2.43. The number of hydrogen-bond acceptors (Lipinski definition) is 4. The van der Waals surface area contributed by atoms with Crippen molar-refractivity contribution in [3.05, 3.63) is 31.5 Å². The summed E-state index contributed by atoms with van der Waals surface area (Å²) in [5, 5.41) is 2.80. The molecule has 0 radical (unpaired) electrons. The second-order valence-corrected chi connectivity index (χ2v) is 6.77. The van der Waals surface area contributed by atoms with Crippen LogP contribution in [0.3, 0.4) is 0 Å². The Hall–Kier alpha value is -1.12. The highest BCUT2D eigenvalue weighted by molar-refractivity contribution is 9.11. The van der Waals surface area contributed by atoms with E-state index in [-0.39, 0.29) is 11.8 Å². The number of aliphatic imine (C=N–C) groups is 1. The minimum Gasteiger partial charge on any atom is -0.494 e. The van der Waals surface area contributed by atoms with Gasteiger partial charge >= 0.3 is 0 Å². The topological polar surface area (TPSA) is 67.8 Å². The van der Waals surface area contributed by atoms with Crippen LogP contribution in [0.2, 0.25) is 0 Å². The fourth-order valence-corrected chi connectivity index (χ4v) is 4.03. The largest absolute Gasteiger partial charge is 0.494 e. The molecule has 1 heterocycles. The summed E-state index contributed by atoms with van der Waals surface area (Å²) in [6.45, 7) is 1.37. The van der Waals surface area contributed by atoms with Crippen LogP contribution in [0.4, 0.5) is 0 Å². The average molecular weight is 434 g/mol. The van der Waals surface area contributed by atoms with Crippen LogP contribution in [-0.2, 0) is 9.59 Å². The maximum atomic E-state index is 11.8. The molecule has 0 bridgehead atoms. The van der Waals surface area contributed by atoms with Crippen LogP contribution in [0.25, 0.3) is 6.08 Å². The quantitative estimate of drug-likeness (QED) is 0.726. The number of carbonyl (C=O) groups excluding carboxylic acids is 2. The molecule has 0 saturated heterocycles. The van der Waals surface area contributed by atoms with Gasteiger partial charge in [0.2, 0.25) is 5.91 Å². The van der Waals surface area contributed by atoms with E-state index in [4.69, 9.17) is 4.74 Å². The van der Waals surface area contributed by atoms with E-state index in [1.165, 1.54) is 6.92 Å². The Bertz CT molecular complexity index is 663. The van der Waals surface area contributed by atoms with Crippen molar-refractivity contribution < 1.29 is 14.3 Å². The van der Waals surface area contributed by atoms with Crippen LogP contribution in [0.5, 0.6) is 5.75 Å². The van der Waals surface area contributed by atoms with Gasteiger partial charge < -0.3 is 10.1 Å². The average Bonchev–Trinajstić information content (AvgIpc) is 2.68. The van der Waals surface area contributed by atoms with Crippen molar-refractivity contribution in [1.82, 2.24) is 5.32 Å². The zero-order valence-corrected chi connectivity index (χ0v) is 15.1. The fourth-order valence-electron chi connectivity index (χ4n) is 1.62. The molecular weight excluding hydrogens is 424 g/mol. The van der Waals surface area contributed by atoms with Crippen LogP contribution >= 0.6 is 43.6 Å². The van der Waals surface area contributed by atoms with Crippen LogP contribution in [0, 0.1) is 0 Å². The van der Waals surface area contributed by atoms with E-state index in [1.807, 2.05) is 12.1 Å². The van der Waals surface area contributed by atoms with E-state index in [9.17, 15) is 9.59 Å². The summed E-state index contributed by atoms with van der Waals surface area (Å²) in [4.78, 5) is 27.0. The molecule has 0 atom stereocenters. The molecule has 0 aliphatic carbocycles. The maximum Gasteiger partial charge on any atom is 0.286 e. The van der Waals surface area contributed by atoms with Gasteiger partial charge in [-0.3, -0.25) is 9.59 Å². The second-order valence-electron chi connectivity index (χ2n) is 4.03. The predicted molar refractivity (Wildman–Crippen MR) is 90.2 cm³/mol. The van der Waals surface area contributed by atoms with E-state index in [2.05, 4.69) is 42.2 Å². The van der Waals surface area contributed by atoms with E-state index in [0.29, 0.717) is 15.8 Å². The van der Waals surface area contributed by atoms with Gasteiger partial charge in [0.15, 0.2) is 5.17 Å². The van der Waals surface area contributed by atoms with Crippen LogP contribution in [0.1, 0.15) is 12.5 Å². The number of thioether (sulfide) groups is 1. The Kier molecular flexibility index (Phi) is 5.23. The van der Waals surface area contributed by atoms with Crippen LogP contribution in [0.15, 0.2) is 31.0 Å². The Labute approximate surface area is 142 Å². The van der Waals surface area contributed by atoms with E-state index in [1.54, 1.807) is 13.2 Å².